The van der Waals surface area contributed by atoms with E-state index in [1.54, 1.807) is 18.1 Å². The highest BCUT2D eigenvalue weighted by Gasteiger charge is 2.17. The number of hydrogen-bond donors (Lipinski definition) is 0. The van der Waals surface area contributed by atoms with Crippen molar-refractivity contribution in [2.24, 2.45) is 0 Å². The predicted octanol–water partition coefficient (Wildman–Crippen LogP) is 1.99. The van der Waals surface area contributed by atoms with E-state index in [1.807, 2.05) is 17.0 Å². The molecule has 3 rings (SSSR count). The average molecular weight is 312 g/mol. The van der Waals surface area contributed by atoms with Gasteiger partial charge in [-0.1, -0.05) is 18.2 Å². The Morgan fingerprint density at radius 2 is 2.13 bits per heavy atom. The van der Waals surface area contributed by atoms with Crippen molar-refractivity contribution in [3.63, 3.8) is 0 Å². The van der Waals surface area contributed by atoms with Crippen molar-refractivity contribution < 1.29 is 9.53 Å². The number of rotatable bonds is 5. The third-order valence-electron chi connectivity index (χ3n) is 4.04. The van der Waals surface area contributed by atoms with Crippen molar-refractivity contribution >= 4 is 11.5 Å². The van der Waals surface area contributed by atoms with Gasteiger partial charge in [-0.15, -0.1) is 0 Å². The molecule has 1 aliphatic rings. The molecule has 0 aliphatic carbocycles. The molecule has 0 unspecified atom stereocenters. The van der Waals surface area contributed by atoms with Crippen LogP contribution in [-0.4, -0.2) is 45.8 Å². The van der Waals surface area contributed by atoms with Crippen LogP contribution in [-0.2, 0) is 11.3 Å². The quantitative estimate of drug-likeness (QED) is 0.847. The van der Waals surface area contributed by atoms with Gasteiger partial charge in [-0.3, -0.25) is 9.48 Å². The molecule has 0 saturated heterocycles. The zero-order valence-corrected chi connectivity index (χ0v) is 13.2. The van der Waals surface area contributed by atoms with Gasteiger partial charge in [-0.25, -0.2) is 4.98 Å². The van der Waals surface area contributed by atoms with Crippen LogP contribution in [0.3, 0.4) is 0 Å². The van der Waals surface area contributed by atoms with Crippen molar-refractivity contribution in [2.75, 3.05) is 20.2 Å². The van der Waals surface area contributed by atoms with Gasteiger partial charge >= 0.3 is 0 Å². The van der Waals surface area contributed by atoms with Crippen molar-refractivity contribution in [3.8, 4) is 5.75 Å². The number of carbonyl (C=O) groups is 1. The minimum Gasteiger partial charge on any atom is -0.497 e. The summed E-state index contributed by atoms with van der Waals surface area (Å²) in [4.78, 5) is 18.0. The molecular weight excluding hydrogens is 292 g/mol. The molecule has 6 nitrogen and oxygen atoms in total. The number of aromatic nitrogens is 3. The Labute approximate surface area is 135 Å². The SMILES string of the molecule is COc1ccc(C2=CCN(C(=O)CCn3cncn3)CC2)cc1. The summed E-state index contributed by atoms with van der Waals surface area (Å²) in [5.41, 5.74) is 2.48. The van der Waals surface area contributed by atoms with Crippen molar-refractivity contribution in [1.29, 1.82) is 0 Å². The molecule has 0 atom stereocenters. The molecule has 0 N–H and O–H groups in total. The first-order valence-corrected chi connectivity index (χ1v) is 7.70. The third kappa shape index (κ3) is 3.77. The van der Waals surface area contributed by atoms with Gasteiger partial charge in [0.1, 0.15) is 18.4 Å². The fourth-order valence-electron chi connectivity index (χ4n) is 2.68. The first-order valence-electron chi connectivity index (χ1n) is 7.70. The first-order chi connectivity index (χ1) is 11.3. The summed E-state index contributed by atoms with van der Waals surface area (Å²) in [6, 6.07) is 8.05. The van der Waals surface area contributed by atoms with Crippen molar-refractivity contribution in [3.05, 3.63) is 48.6 Å². The second-order valence-electron chi connectivity index (χ2n) is 5.46. The number of hydrogen-bond acceptors (Lipinski definition) is 4. The molecule has 0 fully saturated rings. The Morgan fingerprint density at radius 3 is 2.74 bits per heavy atom. The molecule has 0 bridgehead atoms. The first kappa shape index (κ1) is 15.3. The van der Waals surface area contributed by atoms with Gasteiger partial charge in [-0.2, -0.15) is 5.10 Å². The van der Waals surface area contributed by atoms with Gasteiger partial charge in [0.2, 0.25) is 5.91 Å². The van der Waals surface area contributed by atoms with Crippen LogP contribution in [0.4, 0.5) is 0 Å². The molecule has 120 valence electrons. The van der Waals surface area contributed by atoms with E-state index < -0.39 is 0 Å². The van der Waals surface area contributed by atoms with Gasteiger partial charge in [0.05, 0.1) is 13.7 Å². The van der Waals surface area contributed by atoms with Crippen LogP contribution in [0.1, 0.15) is 18.4 Å². The van der Waals surface area contributed by atoms with Gasteiger partial charge in [0.25, 0.3) is 0 Å². The molecule has 0 radical (unpaired) electrons. The zero-order valence-electron chi connectivity index (χ0n) is 13.2. The molecule has 6 heteroatoms. The second-order valence-corrected chi connectivity index (χ2v) is 5.46. The molecule has 23 heavy (non-hydrogen) atoms. The van der Waals surface area contributed by atoms with Crippen LogP contribution in [0.5, 0.6) is 5.75 Å². The van der Waals surface area contributed by atoms with E-state index in [0.717, 1.165) is 18.7 Å². The lowest BCUT2D eigenvalue weighted by Crippen LogP contribution is -2.35. The summed E-state index contributed by atoms with van der Waals surface area (Å²) < 4.78 is 6.86. The topological polar surface area (TPSA) is 60.2 Å². The van der Waals surface area contributed by atoms with E-state index >= 15 is 0 Å². The van der Waals surface area contributed by atoms with Crippen LogP contribution in [0.15, 0.2) is 43.0 Å². The predicted molar refractivity (Wildman–Crippen MR) is 86.8 cm³/mol. The Hall–Kier alpha value is -2.63. The van der Waals surface area contributed by atoms with E-state index in [2.05, 4.69) is 28.3 Å². The molecule has 1 aliphatic heterocycles. The summed E-state index contributed by atoms with van der Waals surface area (Å²) in [6.45, 7) is 2.00. The molecule has 1 amide bonds. The Morgan fingerprint density at radius 1 is 1.30 bits per heavy atom. The lowest BCUT2D eigenvalue weighted by molar-refractivity contribution is -0.131. The molecule has 2 heterocycles. The van der Waals surface area contributed by atoms with Crippen LogP contribution in [0.25, 0.3) is 5.57 Å². The summed E-state index contributed by atoms with van der Waals surface area (Å²) >= 11 is 0. The van der Waals surface area contributed by atoms with E-state index in [4.69, 9.17) is 4.74 Å². The molecule has 1 aromatic heterocycles. The molecular formula is C17H20N4O2. The van der Waals surface area contributed by atoms with E-state index in [-0.39, 0.29) is 5.91 Å². The fraction of sp³-hybridized carbons (Fsp3) is 0.353. The average Bonchev–Trinajstić information content (AvgIpc) is 3.13. The van der Waals surface area contributed by atoms with Gasteiger partial charge in [0, 0.05) is 19.5 Å². The maximum absolute atomic E-state index is 12.2. The largest absolute Gasteiger partial charge is 0.497 e. The number of nitrogens with zero attached hydrogens (tertiary/aromatic N) is 4. The fourth-order valence-corrected chi connectivity index (χ4v) is 2.68. The lowest BCUT2D eigenvalue weighted by atomic mass is 9.99. The Kier molecular flexibility index (Phi) is 4.71. The number of amides is 1. The van der Waals surface area contributed by atoms with Gasteiger partial charge < -0.3 is 9.64 Å². The number of benzene rings is 1. The van der Waals surface area contributed by atoms with Crippen LogP contribution in [0.2, 0.25) is 0 Å². The minimum atomic E-state index is 0.158. The summed E-state index contributed by atoms with van der Waals surface area (Å²) in [5.74, 6) is 1.01. The highest BCUT2D eigenvalue weighted by Crippen LogP contribution is 2.24. The van der Waals surface area contributed by atoms with Crippen LogP contribution < -0.4 is 4.74 Å². The third-order valence-corrected chi connectivity index (χ3v) is 4.04. The number of carbonyl (C=O) groups excluding carboxylic acids is 1. The molecule has 0 saturated carbocycles. The molecule has 0 spiro atoms. The van der Waals surface area contributed by atoms with E-state index in [9.17, 15) is 4.79 Å². The highest BCUT2D eigenvalue weighted by molar-refractivity contribution is 5.78. The van der Waals surface area contributed by atoms with E-state index in [1.165, 1.54) is 17.5 Å². The second kappa shape index (κ2) is 7.09. The maximum atomic E-state index is 12.2. The Balaban J connectivity index is 1.55. The smallest absolute Gasteiger partial charge is 0.224 e. The van der Waals surface area contributed by atoms with Gasteiger partial charge in [-0.05, 0) is 29.7 Å². The maximum Gasteiger partial charge on any atom is 0.224 e. The lowest BCUT2D eigenvalue weighted by Gasteiger charge is -2.26. The summed E-state index contributed by atoms with van der Waals surface area (Å²) in [7, 11) is 1.66. The van der Waals surface area contributed by atoms with Crippen LogP contribution >= 0.6 is 0 Å². The van der Waals surface area contributed by atoms with Crippen LogP contribution in [0, 0.1) is 0 Å². The normalized spacial score (nSPS) is 14.5. The van der Waals surface area contributed by atoms with Crippen molar-refractivity contribution in [1.82, 2.24) is 19.7 Å². The van der Waals surface area contributed by atoms with Crippen molar-refractivity contribution in [2.45, 2.75) is 19.4 Å². The monoisotopic (exact) mass is 312 g/mol. The van der Waals surface area contributed by atoms with Gasteiger partial charge in [0.15, 0.2) is 0 Å². The zero-order chi connectivity index (χ0) is 16.1. The number of methoxy groups -OCH3 is 1. The molecule has 1 aromatic carbocycles. The summed E-state index contributed by atoms with van der Waals surface area (Å²) in [5, 5.41) is 4.01. The minimum absolute atomic E-state index is 0.158. The molecule has 2 aromatic rings. The Bertz CT molecular complexity index is 677. The van der Waals surface area contributed by atoms with E-state index in [0.29, 0.717) is 19.5 Å². The highest BCUT2D eigenvalue weighted by atomic mass is 16.5. The standard InChI is InChI=1S/C17H20N4O2/c1-23-16-4-2-14(3-5-16)15-6-9-20(10-7-15)17(22)8-11-21-13-18-12-19-21/h2-6,12-13H,7-11H2,1H3. The number of ether oxygens (including phenoxy) is 1. The summed E-state index contributed by atoms with van der Waals surface area (Å²) in [6.07, 6.45) is 6.58. The number of aryl methyl sites for hydroxylation is 1.